The monoisotopic (exact) mass is 415 g/mol. The van der Waals surface area contributed by atoms with Crippen LogP contribution in [0, 0.1) is 13.8 Å². The van der Waals surface area contributed by atoms with E-state index in [1.54, 1.807) is 31.2 Å². The third-order valence-corrected chi connectivity index (χ3v) is 5.06. The zero-order valence-corrected chi connectivity index (χ0v) is 17.4. The Morgan fingerprint density at radius 1 is 0.968 bits per heavy atom. The third kappa shape index (κ3) is 4.00. The van der Waals surface area contributed by atoms with Gasteiger partial charge in [0.1, 0.15) is 6.33 Å². The van der Waals surface area contributed by atoms with Crippen LogP contribution in [0.4, 0.5) is 0 Å². The highest BCUT2D eigenvalue weighted by molar-refractivity contribution is 6.02. The van der Waals surface area contributed by atoms with Crippen LogP contribution in [0.3, 0.4) is 0 Å². The van der Waals surface area contributed by atoms with Crippen LogP contribution in [0.25, 0.3) is 11.4 Å². The van der Waals surface area contributed by atoms with Gasteiger partial charge in [-0.25, -0.2) is 9.48 Å². The van der Waals surface area contributed by atoms with Gasteiger partial charge in [-0.15, -0.1) is 5.10 Å². The second kappa shape index (κ2) is 8.35. The third-order valence-electron chi connectivity index (χ3n) is 5.06. The van der Waals surface area contributed by atoms with Gasteiger partial charge in [0.2, 0.25) is 5.78 Å². The standard InChI is InChI=1S/C23H21N5O3/c1-15-12-21(16(2)28(15)19-9-5-4-6-10-19)22(29)17(3)31-23(30)18-8-7-11-20(13-18)27-14-24-25-26-27/h4-14,17H,1-3H3/t17-/m1/s1. The van der Waals surface area contributed by atoms with Crippen molar-refractivity contribution in [2.45, 2.75) is 26.9 Å². The lowest BCUT2D eigenvalue weighted by Crippen LogP contribution is -2.25. The van der Waals surface area contributed by atoms with Crippen molar-refractivity contribution in [3.8, 4) is 11.4 Å². The molecule has 0 bridgehead atoms. The van der Waals surface area contributed by atoms with Gasteiger partial charge >= 0.3 is 5.97 Å². The molecule has 2 aromatic heterocycles. The predicted octanol–water partition coefficient (Wildman–Crippen LogP) is 3.50. The molecule has 8 nitrogen and oxygen atoms in total. The van der Waals surface area contributed by atoms with Crippen LogP contribution in [0.2, 0.25) is 0 Å². The first kappa shape index (κ1) is 20.2. The fourth-order valence-corrected chi connectivity index (χ4v) is 3.54. The predicted molar refractivity (Wildman–Crippen MR) is 114 cm³/mol. The van der Waals surface area contributed by atoms with Gasteiger partial charge in [-0.05, 0) is 67.6 Å². The first-order valence-corrected chi connectivity index (χ1v) is 9.78. The van der Waals surface area contributed by atoms with Crippen LogP contribution in [-0.2, 0) is 4.74 Å². The van der Waals surface area contributed by atoms with Crippen molar-refractivity contribution >= 4 is 11.8 Å². The largest absolute Gasteiger partial charge is 0.451 e. The number of ketones is 1. The van der Waals surface area contributed by atoms with E-state index in [0.29, 0.717) is 16.8 Å². The van der Waals surface area contributed by atoms with Gasteiger partial charge in [-0.2, -0.15) is 0 Å². The van der Waals surface area contributed by atoms with E-state index < -0.39 is 12.1 Å². The molecule has 1 atom stereocenters. The van der Waals surface area contributed by atoms with Crippen molar-refractivity contribution in [3.63, 3.8) is 0 Å². The highest BCUT2D eigenvalue weighted by Crippen LogP contribution is 2.23. The van der Waals surface area contributed by atoms with Crippen molar-refractivity contribution in [1.29, 1.82) is 0 Å². The van der Waals surface area contributed by atoms with E-state index in [-0.39, 0.29) is 5.78 Å². The number of carbonyl (C=O) groups excluding carboxylic acids is 2. The summed E-state index contributed by atoms with van der Waals surface area (Å²) >= 11 is 0. The summed E-state index contributed by atoms with van der Waals surface area (Å²) in [5, 5.41) is 11.0. The van der Waals surface area contributed by atoms with Crippen molar-refractivity contribution in [3.05, 3.63) is 89.5 Å². The van der Waals surface area contributed by atoms with E-state index in [1.807, 2.05) is 54.8 Å². The lowest BCUT2D eigenvalue weighted by molar-refractivity contribution is 0.0318. The van der Waals surface area contributed by atoms with Crippen LogP contribution in [0.5, 0.6) is 0 Å². The van der Waals surface area contributed by atoms with Crippen LogP contribution in [-0.4, -0.2) is 42.6 Å². The zero-order valence-electron chi connectivity index (χ0n) is 17.4. The summed E-state index contributed by atoms with van der Waals surface area (Å²) in [6, 6.07) is 18.3. The van der Waals surface area contributed by atoms with E-state index >= 15 is 0 Å². The van der Waals surface area contributed by atoms with Crippen LogP contribution >= 0.6 is 0 Å². The summed E-state index contributed by atoms with van der Waals surface area (Å²) in [7, 11) is 0. The van der Waals surface area contributed by atoms with Crippen molar-refractivity contribution in [2.75, 3.05) is 0 Å². The Morgan fingerprint density at radius 3 is 2.42 bits per heavy atom. The number of benzene rings is 2. The van der Waals surface area contributed by atoms with E-state index in [4.69, 9.17) is 4.74 Å². The maximum Gasteiger partial charge on any atom is 0.338 e. The molecule has 0 aliphatic heterocycles. The molecule has 2 heterocycles. The number of ether oxygens (including phenoxy) is 1. The quantitative estimate of drug-likeness (QED) is 0.354. The number of hydrogen-bond donors (Lipinski definition) is 0. The van der Waals surface area contributed by atoms with E-state index in [0.717, 1.165) is 17.1 Å². The normalized spacial score (nSPS) is 11.8. The smallest absolute Gasteiger partial charge is 0.338 e. The van der Waals surface area contributed by atoms with Crippen molar-refractivity contribution in [2.24, 2.45) is 0 Å². The fraction of sp³-hybridized carbons (Fsp3) is 0.174. The number of aryl methyl sites for hydroxylation is 1. The Morgan fingerprint density at radius 2 is 1.71 bits per heavy atom. The topological polar surface area (TPSA) is 91.9 Å². The molecular formula is C23H21N5O3. The maximum absolute atomic E-state index is 13.1. The second-order valence-corrected chi connectivity index (χ2v) is 7.17. The van der Waals surface area contributed by atoms with Gasteiger partial charge in [-0.3, -0.25) is 4.79 Å². The fourth-order valence-electron chi connectivity index (χ4n) is 3.54. The van der Waals surface area contributed by atoms with Gasteiger partial charge in [0, 0.05) is 22.6 Å². The number of para-hydroxylation sites is 1. The molecule has 8 heteroatoms. The van der Waals surface area contributed by atoms with Gasteiger partial charge < -0.3 is 9.30 Å². The van der Waals surface area contributed by atoms with Crippen molar-refractivity contribution in [1.82, 2.24) is 24.8 Å². The number of rotatable bonds is 6. The average molecular weight is 415 g/mol. The van der Waals surface area contributed by atoms with E-state index in [1.165, 1.54) is 11.0 Å². The Balaban J connectivity index is 1.53. The van der Waals surface area contributed by atoms with Gasteiger partial charge in [0.25, 0.3) is 0 Å². The minimum absolute atomic E-state index is 0.250. The number of esters is 1. The lowest BCUT2D eigenvalue weighted by Gasteiger charge is -2.14. The van der Waals surface area contributed by atoms with Crippen LogP contribution in [0.15, 0.2) is 67.0 Å². The summed E-state index contributed by atoms with van der Waals surface area (Å²) < 4.78 is 8.92. The van der Waals surface area contributed by atoms with Gasteiger partial charge in [0.15, 0.2) is 6.10 Å². The van der Waals surface area contributed by atoms with E-state index in [9.17, 15) is 9.59 Å². The highest BCUT2D eigenvalue weighted by Gasteiger charge is 2.25. The number of tetrazole rings is 1. The molecule has 31 heavy (non-hydrogen) atoms. The van der Waals surface area contributed by atoms with E-state index in [2.05, 4.69) is 15.5 Å². The molecule has 0 unspecified atom stereocenters. The molecule has 0 radical (unpaired) electrons. The summed E-state index contributed by atoms with van der Waals surface area (Å²) in [5.41, 5.74) is 4.16. The molecule has 0 saturated carbocycles. The molecule has 0 aliphatic carbocycles. The molecule has 156 valence electrons. The molecule has 0 fully saturated rings. The molecule has 4 aromatic rings. The molecule has 2 aromatic carbocycles. The van der Waals surface area contributed by atoms with Gasteiger partial charge in [-0.1, -0.05) is 24.3 Å². The molecule has 0 N–H and O–H groups in total. The molecule has 0 spiro atoms. The number of aromatic nitrogens is 5. The number of hydrogen-bond acceptors (Lipinski definition) is 6. The Hall–Kier alpha value is -4.07. The number of carbonyl (C=O) groups is 2. The second-order valence-electron chi connectivity index (χ2n) is 7.17. The maximum atomic E-state index is 13.1. The molecule has 0 saturated heterocycles. The summed E-state index contributed by atoms with van der Waals surface area (Å²) in [6.45, 7) is 5.41. The minimum atomic E-state index is -0.936. The zero-order chi connectivity index (χ0) is 22.0. The van der Waals surface area contributed by atoms with Gasteiger partial charge in [0.05, 0.1) is 11.3 Å². The number of nitrogens with zero attached hydrogens (tertiary/aromatic N) is 5. The molecular weight excluding hydrogens is 394 g/mol. The SMILES string of the molecule is Cc1cc(C(=O)[C@@H](C)OC(=O)c2cccc(-n3cnnn3)c2)c(C)n1-c1ccccc1. The summed E-state index contributed by atoms with van der Waals surface area (Å²) in [4.78, 5) is 25.7. The first-order chi connectivity index (χ1) is 15.0. The summed E-state index contributed by atoms with van der Waals surface area (Å²) in [6.07, 6.45) is 0.493. The Kier molecular flexibility index (Phi) is 5.44. The summed E-state index contributed by atoms with van der Waals surface area (Å²) in [5.74, 6) is -0.840. The number of Topliss-reactive ketones (excluding diaryl/α,β-unsaturated/α-hetero) is 1. The Bertz CT molecular complexity index is 1230. The van der Waals surface area contributed by atoms with Crippen LogP contribution < -0.4 is 0 Å². The highest BCUT2D eigenvalue weighted by atomic mass is 16.5. The molecule has 0 aliphatic rings. The van der Waals surface area contributed by atoms with Crippen molar-refractivity contribution < 1.29 is 14.3 Å². The minimum Gasteiger partial charge on any atom is -0.451 e. The molecule has 0 amide bonds. The lowest BCUT2D eigenvalue weighted by atomic mass is 10.1. The Labute approximate surface area is 179 Å². The average Bonchev–Trinajstić information content (AvgIpc) is 3.42. The first-order valence-electron chi connectivity index (χ1n) is 9.78. The molecule has 4 rings (SSSR count). The van der Waals surface area contributed by atoms with Crippen LogP contribution in [0.1, 0.15) is 39.0 Å².